The van der Waals surface area contributed by atoms with E-state index in [0.717, 1.165) is 39.7 Å². The summed E-state index contributed by atoms with van der Waals surface area (Å²) in [4.78, 5) is 15.9. The highest BCUT2D eigenvalue weighted by atomic mass is 16.5. The quantitative estimate of drug-likeness (QED) is 0.560. The van der Waals surface area contributed by atoms with Crippen LogP contribution in [0.1, 0.15) is 0 Å². The second-order valence-corrected chi connectivity index (χ2v) is 6.28. The summed E-state index contributed by atoms with van der Waals surface area (Å²) < 4.78 is 12.2. The molecule has 0 saturated carbocycles. The first-order valence-corrected chi connectivity index (χ1v) is 8.90. The molecule has 1 aromatic heterocycles. The summed E-state index contributed by atoms with van der Waals surface area (Å²) >= 11 is 0. The van der Waals surface area contributed by atoms with Crippen LogP contribution in [0.4, 0.5) is 0 Å². The molecule has 140 valence electrons. The Labute approximate surface area is 162 Å². The van der Waals surface area contributed by atoms with Gasteiger partial charge in [0.15, 0.2) is 0 Å². The van der Waals surface area contributed by atoms with Gasteiger partial charge in [0.25, 0.3) is 0 Å². The minimum atomic E-state index is -0.192. The van der Waals surface area contributed by atoms with E-state index in [-0.39, 0.29) is 5.69 Å². The van der Waals surface area contributed by atoms with E-state index in [9.17, 15) is 4.79 Å². The molecule has 0 aliphatic rings. The number of H-pyrrole nitrogens is 1. The van der Waals surface area contributed by atoms with E-state index in [0.29, 0.717) is 0 Å². The average Bonchev–Trinajstić information content (AvgIpc) is 3.11. The first kappa shape index (κ1) is 17.7. The minimum Gasteiger partial charge on any atom is -0.497 e. The monoisotopic (exact) mass is 372 g/mol. The topological polar surface area (TPSA) is 56.2 Å². The van der Waals surface area contributed by atoms with E-state index in [1.165, 1.54) is 0 Å². The number of hydrogen-bond donors (Lipinski definition) is 1. The molecule has 4 aromatic rings. The summed E-state index contributed by atoms with van der Waals surface area (Å²) in [5.41, 5.74) is 3.97. The maximum Gasteiger partial charge on any atom is 0.331 e. The highest BCUT2D eigenvalue weighted by Crippen LogP contribution is 2.33. The van der Waals surface area contributed by atoms with E-state index in [1.807, 2.05) is 78.9 Å². The Morgan fingerprint density at radius 2 is 1.25 bits per heavy atom. The Balaban J connectivity index is 1.96. The standard InChI is InChI=1S/C23H20N2O3/c1-27-19-12-8-16(9-13-19)21-22(17-10-14-20(28-2)15-11-17)25(23(26)24-21)18-6-4-3-5-7-18/h3-15H,1-2H3,(H,24,26). The molecule has 0 bridgehead atoms. The van der Waals surface area contributed by atoms with Crippen molar-refractivity contribution in [1.29, 1.82) is 0 Å². The number of benzene rings is 3. The molecule has 0 saturated heterocycles. The van der Waals surface area contributed by atoms with Gasteiger partial charge in [-0.3, -0.25) is 4.57 Å². The van der Waals surface area contributed by atoms with Crippen molar-refractivity contribution in [1.82, 2.24) is 9.55 Å². The van der Waals surface area contributed by atoms with Crippen molar-refractivity contribution < 1.29 is 9.47 Å². The SMILES string of the molecule is COc1ccc(-c2[nH]c(=O)n(-c3ccccc3)c2-c2ccc(OC)cc2)cc1. The number of aromatic nitrogens is 2. The van der Waals surface area contributed by atoms with Crippen LogP contribution in [0, 0.1) is 0 Å². The third-order valence-corrected chi connectivity index (χ3v) is 4.65. The average molecular weight is 372 g/mol. The molecular weight excluding hydrogens is 352 g/mol. The number of nitrogens with one attached hydrogen (secondary N) is 1. The summed E-state index contributed by atoms with van der Waals surface area (Å²) in [6, 6.07) is 24.9. The highest BCUT2D eigenvalue weighted by molar-refractivity contribution is 5.80. The Morgan fingerprint density at radius 3 is 1.79 bits per heavy atom. The summed E-state index contributed by atoms with van der Waals surface area (Å²) in [5.74, 6) is 1.53. The number of ether oxygens (including phenoxy) is 2. The van der Waals surface area contributed by atoms with E-state index >= 15 is 0 Å². The van der Waals surface area contributed by atoms with Gasteiger partial charge in [0.1, 0.15) is 11.5 Å². The van der Waals surface area contributed by atoms with Crippen LogP contribution < -0.4 is 15.2 Å². The number of rotatable bonds is 5. The van der Waals surface area contributed by atoms with Gasteiger partial charge in [-0.05, 0) is 60.7 Å². The van der Waals surface area contributed by atoms with E-state index in [1.54, 1.807) is 18.8 Å². The molecule has 0 unspecified atom stereocenters. The van der Waals surface area contributed by atoms with Crippen LogP contribution in [0.15, 0.2) is 83.7 Å². The lowest BCUT2D eigenvalue weighted by atomic mass is 10.0. The van der Waals surface area contributed by atoms with Crippen LogP contribution in [-0.4, -0.2) is 23.8 Å². The van der Waals surface area contributed by atoms with Crippen molar-refractivity contribution >= 4 is 0 Å². The van der Waals surface area contributed by atoms with E-state index < -0.39 is 0 Å². The molecule has 5 nitrogen and oxygen atoms in total. The lowest BCUT2D eigenvalue weighted by molar-refractivity contribution is 0.414. The lowest BCUT2D eigenvalue weighted by Gasteiger charge is -2.11. The summed E-state index contributed by atoms with van der Waals surface area (Å²) in [6.07, 6.45) is 0. The van der Waals surface area contributed by atoms with Crippen LogP contribution in [-0.2, 0) is 0 Å². The molecule has 1 N–H and O–H groups in total. The Kier molecular flexibility index (Phi) is 4.72. The molecule has 0 aliphatic carbocycles. The Bertz CT molecular complexity index is 1130. The number of para-hydroxylation sites is 1. The second-order valence-electron chi connectivity index (χ2n) is 6.28. The van der Waals surface area contributed by atoms with Gasteiger partial charge in [-0.2, -0.15) is 0 Å². The summed E-state index contributed by atoms with van der Waals surface area (Å²) in [7, 11) is 3.26. The molecule has 28 heavy (non-hydrogen) atoms. The van der Waals surface area contributed by atoms with Crippen molar-refractivity contribution in [2.75, 3.05) is 14.2 Å². The Hall–Kier alpha value is -3.73. The van der Waals surface area contributed by atoms with Crippen molar-refractivity contribution in [2.45, 2.75) is 0 Å². The normalized spacial score (nSPS) is 10.6. The number of hydrogen-bond acceptors (Lipinski definition) is 3. The fraction of sp³-hybridized carbons (Fsp3) is 0.0870. The van der Waals surface area contributed by atoms with Crippen molar-refractivity contribution in [3.63, 3.8) is 0 Å². The summed E-state index contributed by atoms with van der Waals surface area (Å²) in [6.45, 7) is 0. The Morgan fingerprint density at radius 1 is 0.714 bits per heavy atom. The zero-order valence-electron chi connectivity index (χ0n) is 15.7. The molecule has 0 radical (unpaired) electrons. The molecule has 1 heterocycles. The third kappa shape index (κ3) is 3.18. The maximum atomic E-state index is 12.9. The summed E-state index contributed by atoms with van der Waals surface area (Å²) in [5, 5.41) is 0. The minimum absolute atomic E-state index is 0.192. The zero-order chi connectivity index (χ0) is 19.5. The van der Waals surface area contributed by atoms with Gasteiger partial charge in [0, 0.05) is 11.1 Å². The van der Waals surface area contributed by atoms with Crippen molar-refractivity contribution in [2.24, 2.45) is 0 Å². The van der Waals surface area contributed by atoms with Gasteiger partial charge in [-0.1, -0.05) is 18.2 Å². The molecule has 3 aromatic carbocycles. The molecule has 0 atom stereocenters. The van der Waals surface area contributed by atoms with Crippen LogP contribution in [0.5, 0.6) is 11.5 Å². The number of nitrogens with zero attached hydrogens (tertiary/aromatic N) is 1. The van der Waals surface area contributed by atoms with Gasteiger partial charge in [-0.15, -0.1) is 0 Å². The van der Waals surface area contributed by atoms with E-state index in [2.05, 4.69) is 4.98 Å². The molecule has 0 spiro atoms. The fourth-order valence-electron chi connectivity index (χ4n) is 3.25. The predicted octanol–water partition coefficient (Wildman–Crippen LogP) is 4.52. The third-order valence-electron chi connectivity index (χ3n) is 4.65. The van der Waals surface area contributed by atoms with Crippen LogP contribution in [0.25, 0.3) is 28.2 Å². The first-order valence-electron chi connectivity index (χ1n) is 8.90. The molecule has 5 heteroatoms. The second kappa shape index (κ2) is 7.48. The van der Waals surface area contributed by atoms with Crippen molar-refractivity contribution in [3.05, 3.63) is 89.3 Å². The van der Waals surface area contributed by atoms with Gasteiger partial charge < -0.3 is 14.5 Å². The van der Waals surface area contributed by atoms with Gasteiger partial charge >= 0.3 is 5.69 Å². The van der Waals surface area contributed by atoms with E-state index in [4.69, 9.17) is 9.47 Å². The molecule has 0 aliphatic heterocycles. The van der Waals surface area contributed by atoms with Gasteiger partial charge in [0.2, 0.25) is 0 Å². The molecule has 4 rings (SSSR count). The van der Waals surface area contributed by atoms with Gasteiger partial charge in [0.05, 0.1) is 31.3 Å². The van der Waals surface area contributed by atoms with Crippen LogP contribution >= 0.6 is 0 Å². The lowest BCUT2D eigenvalue weighted by Crippen LogP contribution is -2.15. The predicted molar refractivity (Wildman–Crippen MR) is 110 cm³/mol. The largest absolute Gasteiger partial charge is 0.497 e. The zero-order valence-corrected chi connectivity index (χ0v) is 15.7. The van der Waals surface area contributed by atoms with Crippen LogP contribution in [0.3, 0.4) is 0 Å². The molecule has 0 fully saturated rings. The number of aromatic amines is 1. The van der Waals surface area contributed by atoms with Gasteiger partial charge in [-0.25, -0.2) is 4.79 Å². The smallest absolute Gasteiger partial charge is 0.331 e. The van der Waals surface area contributed by atoms with Crippen molar-refractivity contribution in [3.8, 4) is 39.7 Å². The molecule has 0 amide bonds. The number of imidazole rings is 1. The fourth-order valence-corrected chi connectivity index (χ4v) is 3.25. The number of methoxy groups -OCH3 is 2. The molecular formula is C23H20N2O3. The maximum absolute atomic E-state index is 12.9. The first-order chi connectivity index (χ1) is 13.7. The van der Waals surface area contributed by atoms with Crippen LogP contribution in [0.2, 0.25) is 0 Å². The highest BCUT2D eigenvalue weighted by Gasteiger charge is 2.18.